The molecule has 0 saturated carbocycles. The van der Waals surface area contributed by atoms with Crippen LogP contribution >= 0.6 is 11.6 Å². The molecule has 2 nitrogen and oxygen atoms in total. The van der Waals surface area contributed by atoms with Crippen LogP contribution in [0.25, 0.3) is 0 Å². The highest BCUT2D eigenvalue weighted by atomic mass is 35.5. The first-order valence-corrected chi connectivity index (χ1v) is 6.41. The number of hydrogen-bond acceptors (Lipinski definition) is 2. The Bertz CT molecular complexity index is 513. The molecule has 2 rings (SSSR count). The number of nitrogens with one attached hydrogen (secondary N) is 1. The van der Waals surface area contributed by atoms with Gasteiger partial charge in [-0.1, -0.05) is 35.9 Å². The van der Waals surface area contributed by atoms with Crippen LogP contribution in [0, 0.1) is 5.82 Å². The summed E-state index contributed by atoms with van der Waals surface area (Å²) in [5.74, 6) is -0.250. The van der Waals surface area contributed by atoms with Crippen molar-refractivity contribution in [1.82, 2.24) is 5.32 Å². The van der Waals surface area contributed by atoms with Crippen LogP contribution in [0.5, 0.6) is 0 Å². The summed E-state index contributed by atoms with van der Waals surface area (Å²) in [5, 5.41) is 13.3. The van der Waals surface area contributed by atoms with Crippen molar-refractivity contribution in [2.75, 3.05) is 6.61 Å². The minimum Gasteiger partial charge on any atom is -0.394 e. The Morgan fingerprint density at radius 2 is 1.68 bits per heavy atom. The lowest BCUT2D eigenvalue weighted by molar-refractivity contribution is 0.243. The van der Waals surface area contributed by atoms with Crippen molar-refractivity contribution in [3.8, 4) is 0 Å². The van der Waals surface area contributed by atoms with E-state index in [4.69, 9.17) is 11.6 Å². The molecule has 0 fully saturated rings. The summed E-state index contributed by atoms with van der Waals surface area (Å²) in [5.41, 5.74) is 1.93. The Labute approximate surface area is 116 Å². The minimum absolute atomic E-state index is 0.0111. The summed E-state index contributed by atoms with van der Waals surface area (Å²) >= 11 is 5.83. The van der Waals surface area contributed by atoms with Gasteiger partial charge in [0.1, 0.15) is 5.82 Å². The monoisotopic (exact) mass is 279 g/mol. The average Bonchev–Trinajstić information content (AvgIpc) is 2.43. The molecule has 0 aliphatic carbocycles. The topological polar surface area (TPSA) is 32.3 Å². The maximum atomic E-state index is 12.8. The second-order valence-electron chi connectivity index (χ2n) is 4.29. The van der Waals surface area contributed by atoms with Crippen LogP contribution in [0.2, 0.25) is 5.02 Å². The Morgan fingerprint density at radius 3 is 2.26 bits per heavy atom. The molecule has 1 atom stereocenters. The molecule has 2 aromatic carbocycles. The first-order chi connectivity index (χ1) is 9.19. The Morgan fingerprint density at radius 1 is 1.05 bits per heavy atom. The van der Waals surface area contributed by atoms with Crippen molar-refractivity contribution in [2.45, 2.75) is 12.6 Å². The van der Waals surface area contributed by atoms with E-state index in [0.29, 0.717) is 11.6 Å². The summed E-state index contributed by atoms with van der Waals surface area (Å²) in [7, 11) is 0. The van der Waals surface area contributed by atoms with E-state index < -0.39 is 0 Å². The fraction of sp³-hybridized carbons (Fsp3) is 0.200. The van der Waals surface area contributed by atoms with Crippen LogP contribution in [0.15, 0.2) is 48.5 Å². The van der Waals surface area contributed by atoms with Crippen LogP contribution in [-0.4, -0.2) is 11.7 Å². The van der Waals surface area contributed by atoms with Gasteiger partial charge in [0, 0.05) is 11.6 Å². The number of benzene rings is 2. The molecule has 100 valence electrons. The van der Waals surface area contributed by atoms with Gasteiger partial charge >= 0.3 is 0 Å². The Kier molecular flexibility index (Phi) is 4.91. The Hall–Kier alpha value is -1.42. The number of halogens is 2. The molecule has 0 aliphatic heterocycles. The van der Waals surface area contributed by atoms with Gasteiger partial charge in [-0.25, -0.2) is 4.39 Å². The molecule has 0 amide bonds. The van der Waals surface area contributed by atoms with E-state index in [1.807, 2.05) is 12.1 Å². The molecule has 0 aromatic heterocycles. The van der Waals surface area contributed by atoms with E-state index in [2.05, 4.69) is 5.32 Å². The second-order valence-corrected chi connectivity index (χ2v) is 4.73. The van der Waals surface area contributed by atoms with Gasteiger partial charge in [-0.2, -0.15) is 0 Å². The van der Waals surface area contributed by atoms with Crippen LogP contribution in [0.4, 0.5) is 4.39 Å². The van der Waals surface area contributed by atoms with Crippen LogP contribution in [0.1, 0.15) is 17.2 Å². The predicted molar refractivity (Wildman–Crippen MR) is 74.5 cm³/mol. The zero-order valence-corrected chi connectivity index (χ0v) is 11.1. The molecule has 0 heterocycles. The van der Waals surface area contributed by atoms with E-state index in [1.165, 1.54) is 12.1 Å². The van der Waals surface area contributed by atoms with Crippen molar-refractivity contribution in [3.05, 3.63) is 70.5 Å². The fourth-order valence-corrected chi connectivity index (χ4v) is 1.95. The molecule has 2 aromatic rings. The SMILES string of the molecule is OCC(NCc1ccc(F)cc1)c1ccc(Cl)cc1. The van der Waals surface area contributed by atoms with Crippen molar-refractivity contribution >= 4 is 11.6 Å². The summed E-state index contributed by atoms with van der Waals surface area (Å²) < 4.78 is 12.8. The lowest BCUT2D eigenvalue weighted by atomic mass is 10.1. The number of hydrogen-bond donors (Lipinski definition) is 2. The summed E-state index contributed by atoms with van der Waals surface area (Å²) in [6.07, 6.45) is 0. The van der Waals surface area contributed by atoms with Gasteiger partial charge in [0.25, 0.3) is 0 Å². The van der Waals surface area contributed by atoms with Crippen LogP contribution in [0.3, 0.4) is 0 Å². The molecular formula is C15H15ClFNO. The molecule has 2 N–H and O–H groups in total. The standard InChI is InChI=1S/C15H15ClFNO/c16-13-5-3-12(4-6-13)15(10-19)18-9-11-1-7-14(17)8-2-11/h1-8,15,18-19H,9-10H2. The number of aliphatic hydroxyl groups is 1. The normalized spacial score (nSPS) is 12.4. The maximum Gasteiger partial charge on any atom is 0.123 e. The highest BCUT2D eigenvalue weighted by Crippen LogP contribution is 2.16. The highest BCUT2D eigenvalue weighted by Gasteiger charge is 2.09. The smallest absolute Gasteiger partial charge is 0.123 e. The summed E-state index contributed by atoms with van der Waals surface area (Å²) in [6, 6.07) is 13.5. The van der Waals surface area contributed by atoms with Gasteiger partial charge in [-0.15, -0.1) is 0 Å². The van der Waals surface area contributed by atoms with Crippen molar-refractivity contribution < 1.29 is 9.50 Å². The van der Waals surface area contributed by atoms with Crippen LogP contribution in [-0.2, 0) is 6.54 Å². The first kappa shape index (κ1) is 14.0. The predicted octanol–water partition coefficient (Wildman–Crippen LogP) is 3.30. The third-order valence-electron chi connectivity index (χ3n) is 2.92. The summed E-state index contributed by atoms with van der Waals surface area (Å²) in [6.45, 7) is 0.553. The number of rotatable bonds is 5. The minimum atomic E-state index is -0.250. The fourth-order valence-electron chi connectivity index (χ4n) is 1.83. The van der Waals surface area contributed by atoms with Crippen molar-refractivity contribution in [2.24, 2.45) is 0 Å². The van der Waals surface area contributed by atoms with E-state index >= 15 is 0 Å². The molecule has 0 radical (unpaired) electrons. The molecule has 0 saturated heterocycles. The zero-order chi connectivity index (χ0) is 13.7. The quantitative estimate of drug-likeness (QED) is 0.880. The van der Waals surface area contributed by atoms with E-state index in [9.17, 15) is 9.50 Å². The Balaban J connectivity index is 1.99. The van der Waals surface area contributed by atoms with E-state index in [0.717, 1.165) is 11.1 Å². The van der Waals surface area contributed by atoms with Gasteiger partial charge in [0.05, 0.1) is 12.6 Å². The zero-order valence-electron chi connectivity index (χ0n) is 10.3. The number of aliphatic hydroxyl groups excluding tert-OH is 1. The average molecular weight is 280 g/mol. The molecule has 19 heavy (non-hydrogen) atoms. The first-order valence-electron chi connectivity index (χ1n) is 6.03. The summed E-state index contributed by atoms with van der Waals surface area (Å²) in [4.78, 5) is 0. The second kappa shape index (κ2) is 6.66. The van der Waals surface area contributed by atoms with Gasteiger partial charge in [0.2, 0.25) is 0 Å². The molecular weight excluding hydrogens is 265 g/mol. The molecule has 0 aliphatic rings. The molecule has 1 unspecified atom stereocenters. The molecule has 4 heteroatoms. The third kappa shape index (κ3) is 4.03. The maximum absolute atomic E-state index is 12.8. The lowest BCUT2D eigenvalue weighted by Crippen LogP contribution is -2.23. The van der Waals surface area contributed by atoms with Gasteiger partial charge in [-0.05, 0) is 35.4 Å². The van der Waals surface area contributed by atoms with E-state index in [-0.39, 0.29) is 18.5 Å². The van der Waals surface area contributed by atoms with Crippen LogP contribution < -0.4 is 5.32 Å². The van der Waals surface area contributed by atoms with Gasteiger partial charge in [0.15, 0.2) is 0 Å². The highest BCUT2D eigenvalue weighted by molar-refractivity contribution is 6.30. The van der Waals surface area contributed by atoms with Crippen molar-refractivity contribution in [1.29, 1.82) is 0 Å². The third-order valence-corrected chi connectivity index (χ3v) is 3.17. The van der Waals surface area contributed by atoms with Gasteiger partial charge < -0.3 is 10.4 Å². The van der Waals surface area contributed by atoms with Crippen molar-refractivity contribution in [3.63, 3.8) is 0 Å². The largest absolute Gasteiger partial charge is 0.394 e. The van der Waals surface area contributed by atoms with E-state index in [1.54, 1.807) is 24.3 Å². The lowest BCUT2D eigenvalue weighted by Gasteiger charge is -2.17. The van der Waals surface area contributed by atoms with Gasteiger partial charge in [-0.3, -0.25) is 0 Å². The molecule has 0 bridgehead atoms. The molecule has 0 spiro atoms.